The lowest BCUT2D eigenvalue weighted by Gasteiger charge is -2.13. The van der Waals surface area contributed by atoms with Gasteiger partial charge in [0.15, 0.2) is 0 Å². The summed E-state index contributed by atoms with van der Waals surface area (Å²) >= 11 is 7.30. The number of alkyl halides is 3. The van der Waals surface area contributed by atoms with Crippen molar-refractivity contribution in [3.05, 3.63) is 55.9 Å². The van der Waals surface area contributed by atoms with Crippen LogP contribution in [0.5, 0.6) is 0 Å². The largest absolute Gasteiger partial charge is 0.416 e. The van der Waals surface area contributed by atoms with E-state index in [9.17, 15) is 22.8 Å². The summed E-state index contributed by atoms with van der Waals surface area (Å²) in [5, 5.41) is 2.71. The average molecular weight is 430 g/mol. The molecule has 3 rings (SSSR count). The minimum Gasteiger partial charge on any atom is -0.323 e. The Kier molecular flexibility index (Phi) is 5.49. The fourth-order valence-corrected chi connectivity index (χ4v) is 3.83. The summed E-state index contributed by atoms with van der Waals surface area (Å²) in [7, 11) is 0. The van der Waals surface area contributed by atoms with Gasteiger partial charge in [-0.2, -0.15) is 13.2 Å². The van der Waals surface area contributed by atoms with Gasteiger partial charge in [-0.25, -0.2) is 4.98 Å². The molecule has 3 aromatic rings. The molecule has 148 valence electrons. The Morgan fingerprint density at radius 3 is 2.68 bits per heavy atom. The molecule has 28 heavy (non-hydrogen) atoms. The molecule has 0 aliphatic carbocycles. The van der Waals surface area contributed by atoms with Gasteiger partial charge in [-0.3, -0.25) is 14.2 Å². The fourth-order valence-electron chi connectivity index (χ4n) is 2.66. The standard InChI is InChI=1S/C18H15ClF3N3O2S/c1-3-11-7-12-16(28-11)23-9(2)25(17(12)27)8-15(26)24-14-6-10(18(20,21)22)4-5-13(14)19/h4-7H,3,8H2,1-2H3,(H,24,26). The summed E-state index contributed by atoms with van der Waals surface area (Å²) in [4.78, 5) is 31.0. The van der Waals surface area contributed by atoms with Gasteiger partial charge in [0.05, 0.1) is 21.7 Å². The lowest BCUT2D eigenvalue weighted by Crippen LogP contribution is -2.30. The van der Waals surface area contributed by atoms with Crippen molar-refractivity contribution in [1.82, 2.24) is 9.55 Å². The van der Waals surface area contributed by atoms with E-state index in [1.165, 1.54) is 15.9 Å². The number of amides is 1. The number of fused-ring (bicyclic) bond motifs is 1. The maximum absolute atomic E-state index is 12.9. The van der Waals surface area contributed by atoms with Gasteiger partial charge in [0.25, 0.3) is 5.56 Å². The molecule has 1 aromatic carbocycles. The number of aromatic nitrogens is 2. The van der Waals surface area contributed by atoms with Gasteiger partial charge in [0, 0.05) is 4.88 Å². The maximum atomic E-state index is 12.9. The zero-order valence-corrected chi connectivity index (χ0v) is 16.4. The number of nitrogens with zero attached hydrogens (tertiary/aromatic N) is 2. The van der Waals surface area contributed by atoms with E-state index in [1.807, 2.05) is 6.92 Å². The van der Waals surface area contributed by atoms with Crippen molar-refractivity contribution in [2.24, 2.45) is 0 Å². The van der Waals surface area contributed by atoms with Crippen LogP contribution in [-0.4, -0.2) is 15.5 Å². The number of aryl methyl sites for hydroxylation is 2. The molecule has 1 N–H and O–H groups in total. The minimum atomic E-state index is -4.57. The Bertz CT molecular complexity index is 1120. The van der Waals surface area contributed by atoms with E-state index in [2.05, 4.69) is 10.3 Å². The molecule has 1 amide bonds. The lowest BCUT2D eigenvalue weighted by atomic mass is 10.2. The van der Waals surface area contributed by atoms with Crippen molar-refractivity contribution in [3.63, 3.8) is 0 Å². The summed E-state index contributed by atoms with van der Waals surface area (Å²) in [6.45, 7) is 3.16. The molecule has 2 heterocycles. The monoisotopic (exact) mass is 429 g/mol. The molecule has 0 unspecified atom stereocenters. The molecule has 0 saturated carbocycles. The van der Waals surface area contributed by atoms with Crippen LogP contribution in [0.4, 0.5) is 18.9 Å². The summed E-state index contributed by atoms with van der Waals surface area (Å²) in [5.41, 5.74) is -1.48. The van der Waals surface area contributed by atoms with Crippen LogP contribution in [0.15, 0.2) is 29.1 Å². The Morgan fingerprint density at radius 2 is 2.04 bits per heavy atom. The van der Waals surface area contributed by atoms with Crippen LogP contribution in [-0.2, 0) is 23.9 Å². The number of nitrogens with one attached hydrogen (secondary N) is 1. The molecule has 0 radical (unpaired) electrons. The second kappa shape index (κ2) is 7.56. The van der Waals surface area contributed by atoms with E-state index in [4.69, 9.17) is 11.6 Å². The van der Waals surface area contributed by atoms with Crippen LogP contribution >= 0.6 is 22.9 Å². The summed E-state index contributed by atoms with van der Waals surface area (Å²) < 4.78 is 39.8. The van der Waals surface area contributed by atoms with E-state index < -0.39 is 24.2 Å². The second-order valence-corrected chi connectivity index (χ2v) is 7.60. The first-order valence-corrected chi connectivity index (χ1v) is 9.46. The average Bonchev–Trinajstić information content (AvgIpc) is 3.02. The Balaban J connectivity index is 1.89. The van der Waals surface area contributed by atoms with Gasteiger partial charge < -0.3 is 5.32 Å². The van der Waals surface area contributed by atoms with Crippen LogP contribution in [0.2, 0.25) is 5.02 Å². The number of carbonyl (C=O) groups excluding carboxylic acids is 1. The first kappa shape index (κ1) is 20.3. The highest BCUT2D eigenvalue weighted by atomic mass is 35.5. The minimum absolute atomic E-state index is 0.0376. The molecule has 0 fully saturated rings. The fraction of sp³-hybridized carbons (Fsp3) is 0.278. The van der Waals surface area contributed by atoms with Crippen molar-refractivity contribution in [1.29, 1.82) is 0 Å². The predicted molar refractivity (Wildman–Crippen MR) is 103 cm³/mol. The zero-order valence-electron chi connectivity index (χ0n) is 14.9. The number of rotatable bonds is 4. The SMILES string of the molecule is CCc1cc2c(=O)n(CC(=O)Nc3cc(C(F)(F)F)ccc3Cl)c(C)nc2s1. The first-order chi connectivity index (χ1) is 13.1. The number of thiophene rings is 1. The van der Waals surface area contributed by atoms with Gasteiger partial charge in [-0.1, -0.05) is 18.5 Å². The van der Waals surface area contributed by atoms with Gasteiger partial charge >= 0.3 is 6.18 Å². The smallest absolute Gasteiger partial charge is 0.323 e. The Morgan fingerprint density at radius 1 is 1.32 bits per heavy atom. The predicted octanol–water partition coefficient (Wildman–Crippen LogP) is 4.64. The molecular formula is C18H15ClF3N3O2S. The summed E-state index contributed by atoms with van der Waals surface area (Å²) in [6, 6.07) is 4.38. The molecule has 2 aromatic heterocycles. The van der Waals surface area contributed by atoms with Crippen molar-refractivity contribution in [3.8, 4) is 0 Å². The third-order valence-electron chi connectivity index (χ3n) is 4.11. The van der Waals surface area contributed by atoms with Gasteiger partial charge in [-0.05, 0) is 37.6 Å². The van der Waals surface area contributed by atoms with Crippen LogP contribution in [0, 0.1) is 6.92 Å². The van der Waals surface area contributed by atoms with Crippen LogP contribution < -0.4 is 10.9 Å². The zero-order chi connectivity index (χ0) is 20.6. The van der Waals surface area contributed by atoms with E-state index in [0.29, 0.717) is 16.0 Å². The molecule has 10 heteroatoms. The summed E-state index contributed by atoms with van der Waals surface area (Å²) in [5.74, 6) is -0.342. The van der Waals surface area contributed by atoms with E-state index >= 15 is 0 Å². The maximum Gasteiger partial charge on any atom is 0.416 e. The van der Waals surface area contributed by atoms with Gasteiger partial charge in [0.2, 0.25) is 5.91 Å². The molecule has 0 aliphatic heterocycles. The number of carbonyl (C=O) groups is 1. The third kappa shape index (κ3) is 4.05. The van der Waals surface area contributed by atoms with Crippen molar-refractivity contribution in [2.75, 3.05) is 5.32 Å². The van der Waals surface area contributed by atoms with Gasteiger partial charge in [-0.15, -0.1) is 11.3 Å². The topological polar surface area (TPSA) is 64.0 Å². The molecule has 5 nitrogen and oxygen atoms in total. The first-order valence-electron chi connectivity index (χ1n) is 8.26. The highest BCUT2D eigenvalue weighted by molar-refractivity contribution is 7.18. The highest BCUT2D eigenvalue weighted by Gasteiger charge is 2.31. The molecule has 0 atom stereocenters. The molecular weight excluding hydrogens is 415 g/mol. The van der Waals surface area contributed by atoms with Crippen molar-refractivity contribution >= 4 is 44.7 Å². The Hall–Kier alpha value is -2.39. The highest BCUT2D eigenvalue weighted by Crippen LogP contribution is 2.33. The number of hydrogen-bond acceptors (Lipinski definition) is 4. The number of halogens is 4. The van der Waals surface area contributed by atoms with E-state index in [1.54, 1.807) is 13.0 Å². The van der Waals surface area contributed by atoms with Gasteiger partial charge in [0.1, 0.15) is 17.2 Å². The number of hydrogen-bond donors (Lipinski definition) is 1. The van der Waals surface area contributed by atoms with Crippen LogP contribution in [0.25, 0.3) is 10.2 Å². The summed E-state index contributed by atoms with van der Waals surface area (Å²) in [6.07, 6.45) is -3.81. The molecule has 0 spiro atoms. The van der Waals surface area contributed by atoms with E-state index in [-0.39, 0.29) is 16.3 Å². The van der Waals surface area contributed by atoms with Crippen molar-refractivity contribution < 1.29 is 18.0 Å². The second-order valence-electron chi connectivity index (χ2n) is 6.08. The molecule has 0 aliphatic rings. The lowest BCUT2D eigenvalue weighted by molar-refractivity contribution is -0.137. The normalized spacial score (nSPS) is 11.8. The van der Waals surface area contributed by atoms with Crippen LogP contribution in [0.3, 0.4) is 0 Å². The Labute approximate surface area is 166 Å². The third-order valence-corrected chi connectivity index (χ3v) is 5.61. The number of anilines is 1. The van der Waals surface area contributed by atoms with E-state index in [0.717, 1.165) is 29.5 Å². The number of benzene rings is 1. The molecule has 0 bridgehead atoms. The quantitative estimate of drug-likeness (QED) is 0.657. The van der Waals surface area contributed by atoms with Crippen molar-refractivity contribution in [2.45, 2.75) is 33.0 Å². The van der Waals surface area contributed by atoms with Crippen LogP contribution in [0.1, 0.15) is 23.2 Å². The molecule has 0 saturated heterocycles.